The number of carbonyl (C=O) groups excluding carboxylic acids is 2. The Morgan fingerprint density at radius 3 is 2.47 bits per heavy atom. The van der Waals surface area contributed by atoms with Crippen LogP contribution in [0.3, 0.4) is 0 Å². The minimum absolute atomic E-state index is 0.0175. The second kappa shape index (κ2) is 10.5. The van der Waals surface area contributed by atoms with Crippen LogP contribution < -0.4 is 20.1 Å². The molecule has 0 spiro atoms. The third-order valence-electron chi connectivity index (χ3n) is 4.68. The lowest BCUT2D eigenvalue weighted by molar-refractivity contribution is 0.0956. The molecule has 3 aromatic rings. The summed E-state index contributed by atoms with van der Waals surface area (Å²) in [6.07, 6.45) is 0.614. The number of anilines is 1. The van der Waals surface area contributed by atoms with Gasteiger partial charge in [-0.15, -0.1) is 11.3 Å². The molecule has 2 aromatic carbocycles. The maximum Gasteiger partial charge on any atom is 0.261 e. The monoisotopic (exact) mass is 476 g/mol. The summed E-state index contributed by atoms with van der Waals surface area (Å²) in [6, 6.07) is 10.9. The first-order valence-corrected chi connectivity index (χ1v) is 10.9. The molecule has 0 saturated carbocycles. The molecule has 0 fully saturated rings. The van der Waals surface area contributed by atoms with Crippen LogP contribution in [0, 0.1) is 12.7 Å². The van der Waals surface area contributed by atoms with Gasteiger partial charge in [-0.1, -0.05) is 17.7 Å². The third kappa shape index (κ3) is 5.57. The molecule has 0 unspecified atom stereocenters. The van der Waals surface area contributed by atoms with E-state index in [-0.39, 0.29) is 16.5 Å². The van der Waals surface area contributed by atoms with Crippen LogP contribution in [-0.4, -0.2) is 32.6 Å². The van der Waals surface area contributed by atoms with Gasteiger partial charge in [-0.2, -0.15) is 0 Å². The first kappa shape index (κ1) is 23.6. The number of rotatable bonds is 8. The average Bonchev–Trinajstić information content (AvgIpc) is 3.13. The summed E-state index contributed by atoms with van der Waals surface area (Å²) in [5, 5.41) is 6.11. The van der Waals surface area contributed by atoms with Crippen molar-refractivity contribution in [3.63, 3.8) is 0 Å². The number of benzene rings is 2. The molecule has 6 nitrogen and oxygen atoms in total. The van der Waals surface area contributed by atoms with Crippen LogP contribution in [0.5, 0.6) is 11.5 Å². The molecule has 2 N–H and O–H groups in total. The number of ether oxygens (including phenoxy) is 2. The Morgan fingerprint density at radius 2 is 1.78 bits per heavy atom. The van der Waals surface area contributed by atoms with Gasteiger partial charge in [0.2, 0.25) is 0 Å². The molecule has 0 aliphatic heterocycles. The lowest BCUT2D eigenvalue weighted by atomic mass is 10.1. The minimum Gasteiger partial charge on any atom is -0.493 e. The van der Waals surface area contributed by atoms with Gasteiger partial charge in [-0.3, -0.25) is 9.59 Å². The van der Waals surface area contributed by atoms with Gasteiger partial charge in [-0.05, 0) is 60.9 Å². The number of aryl methyl sites for hydroxylation is 1. The Hall–Kier alpha value is -3.10. The molecule has 3 rings (SSSR count). The van der Waals surface area contributed by atoms with Crippen molar-refractivity contribution in [3.05, 3.63) is 74.9 Å². The van der Waals surface area contributed by atoms with E-state index in [4.69, 9.17) is 21.1 Å². The van der Waals surface area contributed by atoms with Crippen molar-refractivity contribution in [2.24, 2.45) is 0 Å². The van der Waals surface area contributed by atoms with Gasteiger partial charge >= 0.3 is 0 Å². The summed E-state index contributed by atoms with van der Waals surface area (Å²) in [6.45, 7) is 2.22. The third-order valence-corrected chi connectivity index (χ3v) is 6.15. The smallest absolute Gasteiger partial charge is 0.261 e. The predicted molar refractivity (Wildman–Crippen MR) is 124 cm³/mol. The number of hydrogen-bond acceptors (Lipinski definition) is 5. The average molecular weight is 477 g/mol. The van der Waals surface area contributed by atoms with Crippen LogP contribution in [0.25, 0.3) is 0 Å². The van der Waals surface area contributed by atoms with Crippen LogP contribution in [0.15, 0.2) is 42.5 Å². The van der Waals surface area contributed by atoms with Crippen molar-refractivity contribution in [2.75, 3.05) is 26.1 Å². The van der Waals surface area contributed by atoms with Crippen molar-refractivity contribution >= 4 is 39.8 Å². The summed E-state index contributed by atoms with van der Waals surface area (Å²) >= 11 is 7.10. The van der Waals surface area contributed by atoms with E-state index in [1.54, 1.807) is 27.2 Å². The molecule has 0 atom stereocenters. The van der Waals surface area contributed by atoms with E-state index >= 15 is 0 Å². The molecule has 168 valence electrons. The lowest BCUT2D eigenvalue weighted by Gasteiger charge is -2.10. The molecule has 0 radical (unpaired) electrons. The largest absolute Gasteiger partial charge is 0.493 e. The molecule has 0 saturated heterocycles. The van der Waals surface area contributed by atoms with E-state index in [2.05, 4.69) is 10.6 Å². The number of hydrogen-bond donors (Lipinski definition) is 2. The highest BCUT2D eigenvalue weighted by molar-refractivity contribution is 7.18. The second-order valence-electron chi connectivity index (χ2n) is 6.90. The van der Waals surface area contributed by atoms with Gasteiger partial charge in [0.25, 0.3) is 11.8 Å². The van der Waals surface area contributed by atoms with E-state index in [0.717, 1.165) is 34.6 Å². The Balaban J connectivity index is 1.60. The summed E-state index contributed by atoms with van der Waals surface area (Å²) in [5.74, 6) is 0.0496. The lowest BCUT2D eigenvalue weighted by Crippen LogP contribution is -2.25. The normalized spacial score (nSPS) is 10.5. The maximum atomic E-state index is 13.2. The van der Waals surface area contributed by atoms with Gasteiger partial charge in [0, 0.05) is 6.54 Å². The van der Waals surface area contributed by atoms with E-state index in [1.165, 1.54) is 6.07 Å². The van der Waals surface area contributed by atoms with Crippen molar-refractivity contribution in [2.45, 2.75) is 13.3 Å². The van der Waals surface area contributed by atoms with Crippen LogP contribution in [-0.2, 0) is 6.42 Å². The van der Waals surface area contributed by atoms with Crippen molar-refractivity contribution in [1.82, 2.24) is 5.32 Å². The number of nitrogens with one attached hydrogen (secondary N) is 2. The molecule has 0 bridgehead atoms. The molecule has 2 amide bonds. The summed E-state index contributed by atoms with van der Waals surface area (Å²) < 4.78 is 23.7. The van der Waals surface area contributed by atoms with Crippen LogP contribution in [0.2, 0.25) is 5.02 Å². The molecule has 32 heavy (non-hydrogen) atoms. The fourth-order valence-corrected chi connectivity index (χ4v) is 4.30. The number of halogens is 2. The minimum atomic E-state index is -0.523. The molecule has 9 heteroatoms. The van der Waals surface area contributed by atoms with Crippen LogP contribution in [0.4, 0.5) is 9.39 Å². The first-order chi connectivity index (χ1) is 15.3. The van der Waals surface area contributed by atoms with E-state index in [0.29, 0.717) is 34.3 Å². The molecule has 0 aliphatic rings. The molecule has 0 aliphatic carbocycles. The molecular weight excluding hydrogens is 455 g/mol. The number of methoxy groups -OCH3 is 2. The van der Waals surface area contributed by atoms with Gasteiger partial charge in [0.1, 0.15) is 5.82 Å². The molecule has 1 aromatic heterocycles. The fraction of sp³-hybridized carbons (Fsp3) is 0.217. The second-order valence-corrected chi connectivity index (χ2v) is 8.36. The summed E-state index contributed by atoms with van der Waals surface area (Å²) in [5.41, 5.74) is 1.88. The Bertz CT molecular complexity index is 1150. The zero-order valence-corrected chi connectivity index (χ0v) is 19.3. The maximum absolute atomic E-state index is 13.2. The van der Waals surface area contributed by atoms with Gasteiger partial charge in [-0.25, -0.2) is 4.39 Å². The first-order valence-electron chi connectivity index (χ1n) is 9.68. The quantitative estimate of drug-likeness (QED) is 0.474. The van der Waals surface area contributed by atoms with Crippen molar-refractivity contribution in [3.8, 4) is 11.5 Å². The number of carbonyl (C=O) groups is 2. The topological polar surface area (TPSA) is 76.7 Å². The van der Waals surface area contributed by atoms with Crippen LogP contribution in [0.1, 0.15) is 31.2 Å². The van der Waals surface area contributed by atoms with Crippen molar-refractivity contribution in [1.29, 1.82) is 0 Å². The standard InChI is InChI=1S/C23H22ClFN2O4S/c1-13-10-20(27-22(28)16-6-5-15(25)12-17(16)24)32-21(13)23(29)26-9-8-14-4-7-18(30-2)19(11-14)31-3/h4-7,10-12H,8-9H2,1-3H3,(H,26,29)(H,27,28). The van der Waals surface area contributed by atoms with Gasteiger partial charge in [0.15, 0.2) is 11.5 Å². The number of thiophene rings is 1. The van der Waals surface area contributed by atoms with E-state index < -0.39 is 11.7 Å². The summed E-state index contributed by atoms with van der Waals surface area (Å²) in [7, 11) is 3.15. The van der Waals surface area contributed by atoms with Gasteiger partial charge in [0.05, 0.1) is 34.7 Å². The van der Waals surface area contributed by atoms with E-state index in [9.17, 15) is 14.0 Å². The van der Waals surface area contributed by atoms with Crippen LogP contribution >= 0.6 is 22.9 Å². The SMILES string of the molecule is COc1ccc(CCNC(=O)c2sc(NC(=O)c3ccc(F)cc3Cl)cc2C)cc1OC. The predicted octanol–water partition coefficient (Wildman–Crippen LogP) is 5.09. The zero-order chi connectivity index (χ0) is 23.3. The number of amides is 2. The molecule has 1 heterocycles. The highest BCUT2D eigenvalue weighted by atomic mass is 35.5. The summed E-state index contributed by atoms with van der Waals surface area (Å²) in [4.78, 5) is 25.5. The van der Waals surface area contributed by atoms with E-state index in [1.807, 2.05) is 18.2 Å². The van der Waals surface area contributed by atoms with Crippen molar-refractivity contribution < 1.29 is 23.5 Å². The Labute approximate surface area is 194 Å². The molecular formula is C23H22ClFN2O4S. The van der Waals surface area contributed by atoms with Gasteiger partial charge < -0.3 is 20.1 Å². The highest BCUT2D eigenvalue weighted by Gasteiger charge is 2.17. The fourth-order valence-electron chi connectivity index (χ4n) is 3.06. The highest BCUT2D eigenvalue weighted by Crippen LogP contribution is 2.29. The Kier molecular flexibility index (Phi) is 7.71. The Morgan fingerprint density at radius 1 is 1.03 bits per heavy atom. The zero-order valence-electron chi connectivity index (χ0n) is 17.8.